The number of hydrogen-bond acceptors (Lipinski definition) is 2. The van der Waals surface area contributed by atoms with Crippen LogP contribution in [0.4, 0.5) is 5.69 Å². The first-order valence-electron chi connectivity index (χ1n) is 4.11. The molecule has 0 unspecified atom stereocenters. The summed E-state index contributed by atoms with van der Waals surface area (Å²) in [7, 11) is 0. The fourth-order valence-electron chi connectivity index (χ4n) is 1.44. The molecule has 2 rings (SSSR count). The lowest BCUT2D eigenvalue weighted by molar-refractivity contribution is 1.49. The second kappa shape index (κ2) is 3.32. The van der Waals surface area contributed by atoms with Crippen molar-refractivity contribution in [1.82, 2.24) is 0 Å². The predicted molar refractivity (Wildman–Crippen MR) is 60.8 cm³/mol. The molecule has 3 heteroatoms. The molecule has 0 radical (unpaired) electrons. The van der Waals surface area contributed by atoms with Gasteiger partial charge in [0.05, 0.1) is 11.3 Å². The standard InChI is InChI=1S/C11H7BrN2/c12-10-3-1-2-9-8(10)5-4-7(6-13)11(9)14/h1-5H,14H2. The van der Waals surface area contributed by atoms with E-state index in [2.05, 4.69) is 22.0 Å². The van der Waals surface area contributed by atoms with Crippen LogP contribution in [0.3, 0.4) is 0 Å². The molecule has 0 saturated carbocycles. The minimum Gasteiger partial charge on any atom is -0.397 e. The molecule has 0 fully saturated rings. The quantitative estimate of drug-likeness (QED) is 0.727. The number of hydrogen-bond donors (Lipinski definition) is 1. The Balaban J connectivity index is 2.92. The summed E-state index contributed by atoms with van der Waals surface area (Å²) in [5, 5.41) is 10.8. The van der Waals surface area contributed by atoms with Gasteiger partial charge in [0.25, 0.3) is 0 Å². The number of nitrogens with two attached hydrogens (primary N) is 1. The van der Waals surface area contributed by atoms with Crippen molar-refractivity contribution in [1.29, 1.82) is 5.26 Å². The lowest BCUT2D eigenvalue weighted by Gasteiger charge is -2.04. The molecule has 0 atom stereocenters. The van der Waals surface area contributed by atoms with Gasteiger partial charge in [0.2, 0.25) is 0 Å². The largest absolute Gasteiger partial charge is 0.397 e. The van der Waals surface area contributed by atoms with Crippen molar-refractivity contribution in [2.45, 2.75) is 0 Å². The number of anilines is 1. The highest BCUT2D eigenvalue weighted by Crippen LogP contribution is 2.29. The zero-order valence-corrected chi connectivity index (χ0v) is 8.88. The molecule has 0 heterocycles. The molecule has 2 aromatic carbocycles. The van der Waals surface area contributed by atoms with E-state index in [9.17, 15) is 0 Å². The van der Waals surface area contributed by atoms with Gasteiger partial charge in [-0.1, -0.05) is 34.1 Å². The normalized spacial score (nSPS) is 10.0. The van der Waals surface area contributed by atoms with Gasteiger partial charge in [-0.2, -0.15) is 5.26 Å². The third kappa shape index (κ3) is 1.24. The number of rotatable bonds is 0. The molecule has 0 aromatic heterocycles. The smallest absolute Gasteiger partial charge is 0.101 e. The second-order valence-corrected chi connectivity index (χ2v) is 3.83. The Labute approximate surface area is 90.1 Å². The van der Waals surface area contributed by atoms with Gasteiger partial charge in [-0.05, 0) is 17.5 Å². The highest BCUT2D eigenvalue weighted by Gasteiger charge is 2.04. The Hall–Kier alpha value is -1.53. The van der Waals surface area contributed by atoms with Crippen molar-refractivity contribution in [2.75, 3.05) is 5.73 Å². The molecule has 0 saturated heterocycles. The van der Waals surface area contributed by atoms with E-state index in [1.807, 2.05) is 24.3 Å². The molecule has 2 nitrogen and oxygen atoms in total. The fraction of sp³-hybridized carbons (Fsp3) is 0. The molecule has 2 aromatic rings. The van der Waals surface area contributed by atoms with E-state index in [-0.39, 0.29) is 0 Å². The molecule has 0 amide bonds. The topological polar surface area (TPSA) is 49.8 Å². The highest BCUT2D eigenvalue weighted by atomic mass is 79.9. The fourth-order valence-corrected chi connectivity index (χ4v) is 1.94. The molecule has 14 heavy (non-hydrogen) atoms. The Morgan fingerprint density at radius 2 is 1.93 bits per heavy atom. The molecule has 2 N–H and O–H groups in total. The minimum atomic E-state index is 0.524. The summed E-state index contributed by atoms with van der Waals surface area (Å²) in [6.07, 6.45) is 0. The van der Waals surface area contributed by atoms with E-state index in [1.165, 1.54) is 0 Å². The summed E-state index contributed by atoms with van der Waals surface area (Å²) in [5.74, 6) is 0. The SMILES string of the molecule is N#Cc1ccc2c(Br)cccc2c1N. The Morgan fingerprint density at radius 3 is 2.64 bits per heavy atom. The molecule has 0 aliphatic carbocycles. The maximum Gasteiger partial charge on any atom is 0.101 e. The van der Waals surface area contributed by atoms with Gasteiger partial charge in [0.1, 0.15) is 6.07 Å². The van der Waals surface area contributed by atoms with E-state index < -0.39 is 0 Å². The summed E-state index contributed by atoms with van der Waals surface area (Å²) >= 11 is 3.44. The predicted octanol–water partition coefficient (Wildman–Crippen LogP) is 3.06. The molecule has 68 valence electrons. The Kier molecular flexibility index (Phi) is 2.14. The average Bonchev–Trinajstić information content (AvgIpc) is 2.20. The van der Waals surface area contributed by atoms with E-state index in [0.717, 1.165) is 15.2 Å². The maximum atomic E-state index is 8.81. The van der Waals surface area contributed by atoms with E-state index >= 15 is 0 Å². The number of nitriles is 1. The first-order chi connectivity index (χ1) is 6.74. The summed E-state index contributed by atoms with van der Waals surface area (Å²) in [5.41, 5.74) is 6.93. The van der Waals surface area contributed by atoms with Crippen LogP contribution in [-0.2, 0) is 0 Å². The van der Waals surface area contributed by atoms with Gasteiger partial charge in [0.15, 0.2) is 0 Å². The van der Waals surface area contributed by atoms with Crippen LogP contribution in [-0.4, -0.2) is 0 Å². The zero-order chi connectivity index (χ0) is 10.1. The van der Waals surface area contributed by atoms with Gasteiger partial charge in [-0.25, -0.2) is 0 Å². The van der Waals surface area contributed by atoms with E-state index in [1.54, 1.807) is 6.07 Å². The van der Waals surface area contributed by atoms with E-state index in [4.69, 9.17) is 11.0 Å². The maximum absolute atomic E-state index is 8.81. The van der Waals surface area contributed by atoms with Crippen LogP contribution in [0.2, 0.25) is 0 Å². The van der Waals surface area contributed by atoms with Crippen molar-refractivity contribution in [3.05, 3.63) is 40.4 Å². The Bertz CT molecular complexity index is 541. The lowest BCUT2D eigenvalue weighted by Crippen LogP contribution is -1.91. The minimum absolute atomic E-state index is 0.524. The third-order valence-corrected chi connectivity index (χ3v) is 2.86. The van der Waals surface area contributed by atoms with Crippen LogP contribution < -0.4 is 5.73 Å². The van der Waals surface area contributed by atoms with Gasteiger partial charge < -0.3 is 5.73 Å². The van der Waals surface area contributed by atoms with Gasteiger partial charge in [0, 0.05) is 9.86 Å². The number of halogens is 1. The van der Waals surface area contributed by atoms with Crippen LogP contribution in [0.25, 0.3) is 10.8 Å². The van der Waals surface area contributed by atoms with Crippen molar-refractivity contribution in [3.63, 3.8) is 0 Å². The molecular weight excluding hydrogens is 240 g/mol. The summed E-state index contributed by atoms with van der Waals surface area (Å²) in [6, 6.07) is 11.5. The second-order valence-electron chi connectivity index (χ2n) is 2.97. The summed E-state index contributed by atoms with van der Waals surface area (Å²) < 4.78 is 0.992. The van der Waals surface area contributed by atoms with Gasteiger partial charge in [-0.3, -0.25) is 0 Å². The van der Waals surface area contributed by atoms with Crippen molar-refractivity contribution < 1.29 is 0 Å². The first kappa shape index (κ1) is 9.04. The van der Waals surface area contributed by atoms with Crippen LogP contribution in [0.5, 0.6) is 0 Å². The van der Waals surface area contributed by atoms with Gasteiger partial charge in [-0.15, -0.1) is 0 Å². The average molecular weight is 247 g/mol. The van der Waals surface area contributed by atoms with Gasteiger partial charge >= 0.3 is 0 Å². The monoisotopic (exact) mass is 246 g/mol. The molecule has 0 aliphatic heterocycles. The van der Waals surface area contributed by atoms with Crippen LogP contribution in [0.1, 0.15) is 5.56 Å². The van der Waals surface area contributed by atoms with Crippen LogP contribution in [0.15, 0.2) is 34.8 Å². The third-order valence-electron chi connectivity index (χ3n) is 2.17. The highest BCUT2D eigenvalue weighted by molar-refractivity contribution is 9.10. The first-order valence-corrected chi connectivity index (χ1v) is 4.90. The number of nitrogen functional groups attached to an aromatic ring is 1. The molecular formula is C11H7BrN2. The molecule has 0 aliphatic rings. The molecule has 0 spiro atoms. The van der Waals surface area contributed by atoms with Crippen LogP contribution in [0, 0.1) is 11.3 Å². The lowest BCUT2D eigenvalue weighted by atomic mass is 10.1. The number of nitrogens with zero attached hydrogens (tertiary/aromatic N) is 1. The van der Waals surface area contributed by atoms with E-state index in [0.29, 0.717) is 11.3 Å². The van der Waals surface area contributed by atoms with Crippen molar-refractivity contribution in [3.8, 4) is 6.07 Å². The van der Waals surface area contributed by atoms with Crippen LogP contribution >= 0.6 is 15.9 Å². The number of benzene rings is 2. The van der Waals surface area contributed by atoms with Crippen molar-refractivity contribution >= 4 is 32.4 Å². The number of fused-ring (bicyclic) bond motifs is 1. The summed E-state index contributed by atoms with van der Waals surface area (Å²) in [6.45, 7) is 0. The Morgan fingerprint density at radius 1 is 1.14 bits per heavy atom. The zero-order valence-electron chi connectivity index (χ0n) is 7.29. The summed E-state index contributed by atoms with van der Waals surface area (Å²) in [4.78, 5) is 0. The molecule has 0 bridgehead atoms. The van der Waals surface area contributed by atoms with Crippen molar-refractivity contribution in [2.24, 2.45) is 0 Å².